The Kier molecular flexibility index (Phi) is 11.2. The van der Waals surface area contributed by atoms with Gasteiger partial charge in [0.05, 0.1) is 30.1 Å². The summed E-state index contributed by atoms with van der Waals surface area (Å²) in [6.07, 6.45) is -18.9. The highest BCUT2D eigenvalue weighted by Crippen LogP contribution is 2.55. The number of rotatable bonds is 18. The Balaban J connectivity index is 2.98. The van der Waals surface area contributed by atoms with E-state index in [2.05, 4.69) is 14.2 Å². The van der Waals surface area contributed by atoms with Gasteiger partial charge in [0.1, 0.15) is 5.60 Å². The fourth-order valence-corrected chi connectivity index (χ4v) is 4.15. The van der Waals surface area contributed by atoms with Gasteiger partial charge >= 0.3 is 18.3 Å². The van der Waals surface area contributed by atoms with Crippen LogP contribution in [0.15, 0.2) is 0 Å². The first-order valence-electron chi connectivity index (χ1n) is 13.0. The fraction of sp³-hybridized carbons (Fsp3) is 1.00. The molecule has 40 heavy (non-hydrogen) atoms. The van der Waals surface area contributed by atoms with Gasteiger partial charge in [0.2, 0.25) is 0 Å². The second-order valence-electron chi connectivity index (χ2n) is 11.4. The standard InChI is InChI=1S/C25H42F9NO5/c1-11-36-15(3)13-22(28,29)40-20(10)24(32,35-20)25(33,34)38-17(5)16(4)23(30,31)39-19(8,9)21(26,27)14-18(6,7)37-12-2/h15-17,35H,11-14H2,1-10H3. The van der Waals surface area contributed by atoms with Crippen molar-refractivity contribution in [2.24, 2.45) is 5.92 Å². The predicted molar refractivity (Wildman–Crippen MR) is 127 cm³/mol. The maximum absolute atomic E-state index is 15.1. The molecule has 0 spiro atoms. The largest absolute Gasteiger partial charge is 0.407 e. The van der Waals surface area contributed by atoms with Crippen LogP contribution < -0.4 is 5.32 Å². The van der Waals surface area contributed by atoms with Crippen molar-refractivity contribution in [3.05, 3.63) is 0 Å². The topological polar surface area (TPSA) is 68.1 Å². The molecule has 0 saturated carbocycles. The van der Waals surface area contributed by atoms with Crippen molar-refractivity contribution in [3.8, 4) is 0 Å². The summed E-state index contributed by atoms with van der Waals surface area (Å²) < 4.78 is 156. The molecule has 6 nitrogen and oxygen atoms in total. The van der Waals surface area contributed by atoms with Crippen LogP contribution in [0, 0.1) is 5.92 Å². The zero-order chi connectivity index (χ0) is 31.8. The van der Waals surface area contributed by atoms with E-state index in [-0.39, 0.29) is 13.2 Å². The molecule has 1 fully saturated rings. The molecule has 1 N–H and O–H groups in total. The lowest BCUT2D eigenvalue weighted by molar-refractivity contribution is -0.382. The lowest BCUT2D eigenvalue weighted by Crippen LogP contribution is -2.55. The van der Waals surface area contributed by atoms with Gasteiger partial charge in [0.15, 0.2) is 5.72 Å². The van der Waals surface area contributed by atoms with Crippen molar-refractivity contribution < 1.29 is 63.2 Å². The molecule has 0 radical (unpaired) electrons. The molecule has 240 valence electrons. The lowest BCUT2D eigenvalue weighted by atomic mass is 9.89. The number of hydrogen-bond donors (Lipinski definition) is 1. The van der Waals surface area contributed by atoms with Crippen molar-refractivity contribution in [2.45, 2.75) is 141 Å². The lowest BCUT2D eigenvalue weighted by Gasteiger charge is -2.42. The molecule has 1 aliphatic heterocycles. The SMILES string of the molecule is CCOC(C)CC(F)(F)OC1(C)NC1(F)C(F)(F)OC(C)C(C)C(F)(F)OC(C)(C)C(F)(F)CC(C)(C)OCC. The Morgan fingerprint density at radius 1 is 0.850 bits per heavy atom. The summed E-state index contributed by atoms with van der Waals surface area (Å²) in [5.74, 6) is -10.2. The van der Waals surface area contributed by atoms with E-state index in [1.54, 1.807) is 6.92 Å². The van der Waals surface area contributed by atoms with Gasteiger partial charge in [-0.1, -0.05) is 6.92 Å². The van der Waals surface area contributed by atoms with Crippen molar-refractivity contribution in [1.82, 2.24) is 5.32 Å². The summed E-state index contributed by atoms with van der Waals surface area (Å²) in [6, 6.07) is 0. The molecule has 1 saturated heterocycles. The minimum atomic E-state index is -4.96. The van der Waals surface area contributed by atoms with Crippen molar-refractivity contribution >= 4 is 0 Å². The molecule has 1 aliphatic rings. The Labute approximate surface area is 229 Å². The van der Waals surface area contributed by atoms with Gasteiger partial charge in [0.25, 0.3) is 11.7 Å². The Morgan fingerprint density at radius 3 is 1.85 bits per heavy atom. The van der Waals surface area contributed by atoms with E-state index in [0.717, 1.165) is 0 Å². The van der Waals surface area contributed by atoms with Crippen molar-refractivity contribution in [2.75, 3.05) is 13.2 Å². The number of alkyl halides is 9. The van der Waals surface area contributed by atoms with Gasteiger partial charge in [-0.3, -0.25) is 4.74 Å². The molecule has 1 rings (SSSR count). The van der Waals surface area contributed by atoms with Crippen LogP contribution in [0.25, 0.3) is 0 Å². The predicted octanol–water partition coefficient (Wildman–Crippen LogP) is 7.26. The number of halogens is 9. The van der Waals surface area contributed by atoms with Gasteiger partial charge in [-0.25, -0.2) is 18.5 Å². The summed E-state index contributed by atoms with van der Waals surface area (Å²) in [5, 5.41) is 1.48. The van der Waals surface area contributed by atoms with Crippen LogP contribution in [-0.4, -0.2) is 72.4 Å². The minimum Gasteiger partial charge on any atom is -0.378 e. The van der Waals surface area contributed by atoms with Gasteiger partial charge in [-0.05, 0) is 62.3 Å². The van der Waals surface area contributed by atoms with Crippen molar-refractivity contribution in [3.63, 3.8) is 0 Å². The van der Waals surface area contributed by atoms with Crippen LogP contribution in [0.5, 0.6) is 0 Å². The summed E-state index contributed by atoms with van der Waals surface area (Å²) in [7, 11) is 0. The van der Waals surface area contributed by atoms with E-state index < -0.39 is 77.9 Å². The highest BCUT2D eigenvalue weighted by Gasteiger charge is 2.83. The second-order valence-corrected chi connectivity index (χ2v) is 11.4. The molecule has 0 aromatic heterocycles. The third kappa shape index (κ3) is 8.59. The molecule has 0 aromatic carbocycles. The molecule has 0 bridgehead atoms. The third-order valence-electron chi connectivity index (χ3n) is 6.76. The van der Waals surface area contributed by atoms with Crippen LogP contribution >= 0.6 is 0 Å². The van der Waals surface area contributed by atoms with E-state index in [4.69, 9.17) is 9.47 Å². The monoisotopic (exact) mass is 607 g/mol. The smallest absolute Gasteiger partial charge is 0.378 e. The van der Waals surface area contributed by atoms with E-state index in [1.165, 1.54) is 33.0 Å². The summed E-state index contributed by atoms with van der Waals surface area (Å²) in [6.45, 7) is 10.6. The minimum absolute atomic E-state index is 0.0796. The first-order valence-corrected chi connectivity index (χ1v) is 13.0. The summed E-state index contributed by atoms with van der Waals surface area (Å²) in [5.41, 5.74) is -7.17. The molecule has 0 aromatic rings. The average Bonchev–Trinajstić information content (AvgIpc) is 3.25. The van der Waals surface area contributed by atoms with E-state index >= 15 is 4.39 Å². The highest BCUT2D eigenvalue weighted by atomic mass is 19.3. The molecule has 15 heteroatoms. The van der Waals surface area contributed by atoms with Crippen LogP contribution in [0.4, 0.5) is 39.5 Å². The second kappa shape index (κ2) is 12.0. The number of ether oxygens (including phenoxy) is 5. The van der Waals surface area contributed by atoms with E-state index in [0.29, 0.717) is 34.6 Å². The van der Waals surface area contributed by atoms with Crippen LogP contribution in [-0.2, 0) is 23.7 Å². The molecular formula is C25H42F9NO5. The Morgan fingerprint density at radius 2 is 1.38 bits per heavy atom. The van der Waals surface area contributed by atoms with Crippen LogP contribution in [0.2, 0.25) is 0 Å². The molecular weight excluding hydrogens is 565 g/mol. The van der Waals surface area contributed by atoms with E-state index in [1.807, 2.05) is 0 Å². The normalized spacial score (nSPS) is 25.6. The maximum atomic E-state index is 15.1. The van der Waals surface area contributed by atoms with E-state index in [9.17, 15) is 35.1 Å². The van der Waals surface area contributed by atoms with Crippen LogP contribution in [0.3, 0.4) is 0 Å². The summed E-state index contributed by atoms with van der Waals surface area (Å²) in [4.78, 5) is 0. The molecule has 5 unspecified atom stereocenters. The van der Waals surface area contributed by atoms with Crippen LogP contribution in [0.1, 0.15) is 82.1 Å². The molecule has 0 aliphatic carbocycles. The molecule has 1 heterocycles. The fourth-order valence-electron chi connectivity index (χ4n) is 4.15. The highest BCUT2D eigenvalue weighted by molar-refractivity contribution is 5.17. The Hall–Kier alpha value is -0.870. The first kappa shape index (κ1) is 37.2. The number of nitrogens with one attached hydrogen (secondary N) is 1. The molecule has 5 atom stereocenters. The maximum Gasteiger partial charge on any atom is 0.407 e. The van der Waals surface area contributed by atoms with Gasteiger partial charge < -0.3 is 18.9 Å². The molecule has 0 amide bonds. The first-order chi connectivity index (χ1) is 17.6. The average molecular weight is 608 g/mol. The van der Waals surface area contributed by atoms with Gasteiger partial charge in [-0.2, -0.15) is 26.3 Å². The number of hydrogen-bond acceptors (Lipinski definition) is 6. The van der Waals surface area contributed by atoms with Gasteiger partial charge in [-0.15, -0.1) is 0 Å². The summed E-state index contributed by atoms with van der Waals surface area (Å²) >= 11 is 0. The Bertz CT molecular complexity index is 845. The third-order valence-corrected chi connectivity index (χ3v) is 6.76. The quantitative estimate of drug-likeness (QED) is 0.101. The zero-order valence-electron chi connectivity index (χ0n) is 24.5. The van der Waals surface area contributed by atoms with Crippen molar-refractivity contribution in [1.29, 1.82) is 0 Å². The van der Waals surface area contributed by atoms with Gasteiger partial charge in [0, 0.05) is 19.6 Å². The zero-order valence-corrected chi connectivity index (χ0v) is 24.5.